The van der Waals surface area contributed by atoms with Crippen LogP contribution in [0.5, 0.6) is 0 Å². The molecule has 1 amide bonds. The number of benzene rings is 1. The van der Waals surface area contributed by atoms with Crippen LogP contribution in [0.1, 0.15) is 38.7 Å². The summed E-state index contributed by atoms with van der Waals surface area (Å²) in [5.41, 5.74) is 2.10. The molecule has 0 aromatic heterocycles. The third-order valence-electron chi connectivity index (χ3n) is 4.41. The SMILES string of the molecule is CCC(=O)N=C1S[C@H]2CS(=O)(=O)C[C@H]2N1c1ccccc1C(C)C. The smallest absolute Gasteiger partial charge is 0.247 e. The Morgan fingerprint density at radius 1 is 1.33 bits per heavy atom. The van der Waals surface area contributed by atoms with Crippen molar-refractivity contribution in [3.05, 3.63) is 29.8 Å². The van der Waals surface area contributed by atoms with Crippen molar-refractivity contribution in [3.63, 3.8) is 0 Å². The van der Waals surface area contributed by atoms with Crippen molar-refractivity contribution < 1.29 is 13.2 Å². The minimum Gasteiger partial charge on any atom is -0.315 e. The van der Waals surface area contributed by atoms with Gasteiger partial charge < -0.3 is 4.90 Å². The Hall–Kier alpha value is -1.34. The van der Waals surface area contributed by atoms with Gasteiger partial charge in [0.1, 0.15) is 0 Å². The topological polar surface area (TPSA) is 66.8 Å². The van der Waals surface area contributed by atoms with E-state index < -0.39 is 9.84 Å². The molecule has 5 nitrogen and oxygen atoms in total. The van der Waals surface area contributed by atoms with Crippen molar-refractivity contribution >= 4 is 38.4 Å². The van der Waals surface area contributed by atoms with Crippen LogP contribution in [0.3, 0.4) is 0 Å². The standard InChI is InChI=1S/C17H22N2O3S2/c1-4-16(20)18-17-19(13-8-6-5-7-12(13)11(2)3)14-9-24(21,22)10-15(14)23-17/h5-8,11,14-15H,4,9-10H2,1-3H3/t14-,15+/m1/s1. The Bertz CT molecular complexity index is 787. The van der Waals surface area contributed by atoms with E-state index in [0.717, 1.165) is 11.3 Å². The van der Waals surface area contributed by atoms with Crippen LogP contribution < -0.4 is 4.90 Å². The van der Waals surface area contributed by atoms with Gasteiger partial charge in [0.15, 0.2) is 15.0 Å². The van der Waals surface area contributed by atoms with Gasteiger partial charge in [-0.3, -0.25) is 4.79 Å². The summed E-state index contributed by atoms with van der Waals surface area (Å²) in [6.07, 6.45) is 0.345. The number of fused-ring (bicyclic) bond motifs is 1. The van der Waals surface area contributed by atoms with Crippen LogP contribution in [0.4, 0.5) is 5.69 Å². The molecule has 0 saturated carbocycles. The van der Waals surface area contributed by atoms with Gasteiger partial charge in [0.05, 0.1) is 17.5 Å². The van der Waals surface area contributed by atoms with Crippen molar-refractivity contribution in [2.75, 3.05) is 16.4 Å². The summed E-state index contributed by atoms with van der Waals surface area (Å²) in [5.74, 6) is 0.400. The molecule has 2 aliphatic heterocycles. The van der Waals surface area contributed by atoms with Crippen molar-refractivity contribution in [1.82, 2.24) is 0 Å². The molecule has 130 valence electrons. The van der Waals surface area contributed by atoms with Crippen LogP contribution >= 0.6 is 11.8 Å². The van der Waals surface area contributed by atoms with Crippen molar-refractivity contribution in [2.45, 2.75) is 44.4 Å². The molecule has 0 N–H and O–H groups in total. The van der Waals surface area contributed by atoms with Crippen LogP contribution in [0.2, 0.25) is 0 Å². The molecule has 24 heavy (non-hydrogen) atoms. The summed E-state index contributed by atoms with van der Waals surface area (Å²) in [6, 6.07) is 7.83. The number of hydrogen-bond donors (Lipinski definition) is 0. The summed E-state index contributed by atoms with van der Waals surface area (Å²) < 4.78 is 24.2. The fourth-order valence-electron chi connectivity index (χ4n) is 3.23. The van der Waals surface area contributed by atoms with E-state index >= 15 is 0 Å². The van der Waals surface area contributed by atoms with E-state index in [2.05, 4.69) is 24.9 Å². The molecule has 3 rings (SSSR count). The molecule has 1 aromatic rings. The van der Waals surface area contributed by atoms with Crippen LogP contribution in [-0.2, 0) is 14.6 Å². The number of para-hydroxylation sites is 1. The lowest BCUT2D eigenvalue weighted by molar-refractivity contribution is -0.117. The lowest BCUT2D eigenvalue weighted by Crippen LogP contribution is -2.38. The average molecular weight is 367 g/mol. The molecule has 2 heterocycles. The van der Waals surface area contributed by atoms with Crippen molar-refractivity contribution in [2.24, 2.45) is 4.99 Å². The molecule has 0 radical (unpaired) electrons. The third kappa shape index (κ3) is 3.24. The minimum atomic E-state index is -3.04. The number of sulfone groups is 1. The van der Waals surface area contributed by atoms with E-state index in [1.165, 1.54) is 11.8 Å². The number of hydrogen-bond acceptors (Lipinski definition) is 4. The highest BCUT2D eigenvalue weighted by atomic mass is 32.2. The number of carbonyl (C=O) groups excluding carboxylic acids is 1. The summed E-state index contributed by atoms with van der Waals surface area (Å²) in [4.78, 5) is 18.1. The average Bonchev–Trinajstić information content (AvgIpc) is 2.97. The number of amides is 1. The normalized spacial score (nSPS) is 27.0. The molecule has 2 fully saturated rings. The molecule has 1 aromatic carbocycles. The number of amidine groups is 1. The number of aliphatic imine (C=N–C) groups is 1. The lowest BCUT2D eigenvalue weighted by Gasteiger charge is -2.28. The van der Waals surface area contributed by atoms with Gasteiger partial charge in [-0.25, -0.2) is 8.42 Å². The highest BCUT2D eigenvalue weighted by Crippen LogP contribution is 2.43. The van der Waals surface area contributed by atoms with E-state index in [-0.39, 0.29) is 28.7 Å². The number of nitrogens with zero attached hydrogens (tertiary/aromatic N) is 2. The molecule has 2 aliphatic rings. The predicted molar refractivity (Wildman–Crippen MR) is 99.6 cm³/mol. The van der Waals surface area contributed by atoms with Gasteiger partial charge in [-0.15, -0.1) is 0 Å². The molecular formula is C17H22N2O3S2. The first-order chi connectivity index (χ1) is 11.3. The number of carbonyl (C=O) groups is 1. The Labute approximate surface area is 147 Å². The molecular weight excluding hydrogens is 344 g/mol. The van der Waals surface area contributed by atoms with E-state index in [0.29, 0.717) is 17.5 Å². The van der Waals surface area contributed by atoms with E-state index in [4.69, 9.17) is 0 Å². The first kappa shape index (κ1) is 17.5. The second-order valence-electron chi connectivity index (χ2n) is 6.53. The Balaban J connectivity index is 2.09. The summed E-state index contributed by atoms with van der Waals surface area (Å²) in [6.45, 7) is 6.00. The molecule has 0 aliphatic carbocycles. The van der Waals surface area contributed by atoms with E-state index in [9.17, 15) is 13.2 Å². The zero-order valence-corrected chi connectivity index (χ0v) is 15.7. The molecule has 2 atom stereocenters. The highest BCUT2D eigenvalue weighted by molar-refractivity contribution is 8.16. The third-order valence-corrected chi connectivity index (χ3v) is 7.62. The first-order valence-corrected chi connectivity index (χ1v) is 10.9. The van der Waals surface area contributed by atoms with Crippen LogP contribution in [0, 0.1) is 0 Å². The zero-order valence-electron chi connectivity index (χ0n) is 14.1. The molecule has 2 saturated heterocycles. The van der Waals surface area contributed by atoms with Gasteiger partial charge in [0.25, 0.3) is 0 Å². The Morgan fingerprint density at radius 3 is 2.71 bits per heavy atom. The largest absolute Gasteiger partial charge is 0.315 e. The zero-order chi connectivity index (χ0) is 17.5. The van der Waals surface area contributed by atoms with Crippen molar-refractivity contribution in [1.29, 1.82) is 0 Å². The highest BCUT2D eigenvalue weighted by Gasteiger charge is 2.49. The molecule has 7 heteroatoms. The van der Waals surface area contributed by atoms with Crippen LogP contribution in [0.25, 0.3) is 0 Å². The maximum absolute atomic E-state index is 12.1. The van der Waals surface area contributed by atoms with Gasteiger partial charge in [0.2, 0.25) is 5.91 Å². The molecule has 0 bridgehead atoms. The Kier molecular flexibility index (Phi) is 4.75. The van der Waals surface area contributed by atoms with Gasteiger partial charge in [-0.1, -0.05) is 50.7 Å². The Morgan fingerprint density at radius 2 is 2.04 bits per heavy atom. The second kappa shape index (κ2) is 6.52. The first-order valence-electron chi connectivity index (χ1n) is 8.19. The maximum Gasteiger partial charge on any atom is 0.247 e. The molecule has 0 spiro atoms. The number of rotatable bonds is 3. The molecule has 0 unspecified atom stereocenters. The second-order valence-corrected chi connectivity index (χ2v) is 9.89. The monoisotopic (exact) mass is 366 g/mol. The van der Waals surface area contributed by atoms with Crippen LogP contribution in [-0.4, -0.2) is 42.3 Å². The van der Waals surface area contributed by atoms with E-state index in [1.807, 2.05) is 23.1 Å². The van der Waals surface area contributed by atoms with Crippen molar-refractivity contribution in [3.8, 4) is 0 Å². The predicted octanol–water partition coefficient (Wildman–Crippen LogP) is 2.82. The summed E-state index contributed by atoms with van der Waals surface area (Å²) in [5, 5.41) is 0.582. The van der Waals surface area contributed by atoms with E-state index in [1.54, 1.807) is 6.92 Å². The fourth-order valence-corrected chi connectivity index (χ4v) is 7.15. The minimum absolute atomic E-state index is 0.0568. The maximum atomic E-state index is 12.1. The number of anilines is 1. The van der Waals surface area contributed by atoms with Gasteiger partial charge in [-0.2, -0.15) is 4.99 Å². The van der Waals surface area contributed by atoms with Gasteiger partial charge in [-0.05, 0) is 17.5 Å². The fraction of sp³-hybridized carbons (Fsp3) is 0.529. The summed E-state index contributed by atoms with van der Waals surface area (Å²) >= 11 is 1.43. The lowest BCUT2D eigenvalue weighted by atomic mass is 9.99. The summed E-state index contributed by atoms with van der Waals surface area (Å²) in [7, 11) is -3.04. The van der Waals surface area contributed by atoms with Gasteiger partial charge in [0, 0.05) is 17.4 Å². The van der Waals surface area contributed by atoms with Crippen LogP contribution in [0.15, 0.2) is 29.3 Å². The van der Waals surface area contributed by atoms with Gasteiger partial charge >= 0.3 is 0 Å². The number of thioether (sulfide) groups is 1. The quantitative estimate of drug-likeness (QED) is 0.823.